The second-order valence-corrected chi connectivity index (χ2v) is 9.16. The van der Waals surface area contributed by atoms with Crippen LogP contribution in [0, 0.1) is 19.7 Å². The van der Waals surface area contributed by atoms with Gasteiger partial charge in [0.05, 0.1) is 38.3 Å². The Morgan fingerprint density at radius 3 is 2.45 bits per heavy atom. The average molecular weight is 458 g/mol. The number of carbonyl (C=O) groups is 1. The lowest BCUT2D eigenvalue weighted by Gasteiger charge is -2.37. The lowest BCUT2D eigenvalue weighted by Crippen LogP contribution is -2.48. The highest BCUT2D eigenvalue weighted by molar-refractivity contribution is 5.79. The van der Waals surface area contributed by atoms with Gasteiger partial charge in [-0.3, -0.25) is 4.79 Å². The minimum absolute atomic E-state index is 0.000321. The van der Waals surface area contributed by atoms with Crippen molar-refractivity contribution in [2.75, 3.05) is 24.7 Å². The first-order chi connectivity index (χ1) is 15.6. The number of nitrogens with two attached hydrogens (primary N) is 2. The van der Waals surface area contributed by atoms with Crippen molar-refractivity contribution in [1.82, 2.24) is 0 Å². The largest absolute Gasteiger partial charge is 0.507 e. The second-order valence-electron chi connectivity index (χ2n) is 9.16. The van der Waals surface area contributed by atoms with E-state index in [1.165, 1.54) is 6.07 Å². The number of hydrogen-bond acceptors (Lipinski definition) is 7. The van der Waals surface area contributed by atoms with Gasteiger partial charge >= 0.3 is 5.97 Å². The van der Waals surface area contributed by atoms with E-state index >= 15 is 4.39 Å². The number of esters is 1. The Hall–Kier alpha value is -2.68. The lowest BCUT2D eigenvalue weighted by molar-refractivity contribution is -0.144. The maximum absolute atomic E-state index is 15.0. The van der Waals surface area contributed by atoms with Gasteiger partial charge in [0.15, 0.2) is 0 Å². The summed E-state index contributed by atoms with van der Waals surface area (Å²) in [4.78, 5) is 14.3. The molecule has 2 bridgehead atoms. The van der Waals surface area contributed by atoms with Crippen LogP contribution in [0.15, 0.2) is 24.3 Å². The van der Waals surface area contributed by atoms with E-state index in [0.717, 1.165) is 24.1 Å². The van der Waals surface area contributed by atoms with Crippen LogP contribution in [0.3, 0.4) is 0 Å². The Bertz CT molecular complexity index is 1030. The molecule has 2 aliphatic rings. The maximum Gasteiger partial charge on any atom is 0.309 e. The first-order valence-corrected chi connectivity index (χ1v) is 11.4. The summed E-state index contributed by atoms with van der Waals surface area (Å²) in [6, 6.07) is 7.59. The predicted octanol–water partition coefficient (Wildman–Crippen LogP) is 3.21. The first kappa shape index (κ1) is 23.5. The molecule has 0 radical (unpaired) electrons. The fourth-order valence-corrected chi connectivity index (χ4v) is 5.12. The van der Waals surface area contributed by atoms with Crippen LogP contribution >= 0.6 is 0 Å². The standard InChI is InChI=1S/C25H32FN3O4/c1-4-33-22(31)11-25(27,28)20-9-16(7-15(3)24(20)26)23-14(2)8-19(10-21(23)30)29-17-5-6-18(29)13-32-12-17/h7-10,17-18,30H,4-6,11-13,27-28H2,1-3H3. The molecule has 8 heteroatoms. The fourth-order valence-electron chi connectivity index (χ4n) is 5.12. The van der Waals surface area contributed by atoms with Crippen molar-refractivity contribution >= 4 is 11.7 Å². The molecule has 2 atom stereocenters. The summed E-state index contributed by atoms with van der Waals surface area (Å²) in [5.74, 6) is -1.09. The molecule has 33 heavy (non-hydrogen) atoms. The number of carbonyl (C=O) groups excluding carboxylic acids is 1. The first-order valence-electron chi connectivity index (χ1n) is 11.4. The summed E-state index contributed by atoms with van der Waals surface area (Å²) < 4.78 is 25.7. The van der Waals surface area contributed by atoms with Gasteiger partial charge in [-0.1, -0.05) is 0 Å². The van der Waals surface area contributed by atoms with Gasteiger partial charge in [-0.05, 0) is 68.5 Å². The van der Waals surface area contributed by atoms with E-state index in [4.69, 9.17) is 20.9 Å². The zero-order chi connectivity index (χ0) is 23.9. The summed E-state index contributed by atoms with van der Waals surface area (Å²) >= 11 is 0. The van der Waals surface area contributed by atoms with Gasteiger partial charge in [0.1, 0.15) is 17.2 Å². The van der Waals surface area contributed by atoms with Crippen LogP contribution in [0.5, 0.6) is 5.75 Å². The number of anilines is 1. The van der Waals surface area contributed by atoms with Crippen LogP contribution < -0.4 is 16.4 Å². The molecule has 2 fully saturated rings. The molecule has 0 spiro atoms. The smallest absolute Gasteiger partial charge is 0.309 e. The van der Waals surface area contributed by atoms with Crippen molar-refractivity contribution in [3.63, 3.8) is 0 Å². The molecular weight excluding hydrogens is 425 g/mol. The average Bonchev–Trinajstić information content (AvgIpc) is 2.98. The molecule has 4 rings (SSSR count). The third-order valence-electron chi connectivity index (χ3n) is 6.62. The molecule has 2 aliphatic heterocycles. The summed E-state index contributed by atoms with van der Waals surface area (Å²) in [5, 5.41) is 11.0. The monoisotopic (exact) mass is 457 g/mol. The van der Waals surface area contributed by atoms with Gasteiger partial charge in [0, 0.05) is 22.9 Å². The van der Waals surface area contributed by atoms with Gasteiger partial charge in [0.25, 0.3) is 0 Å². The Morgan fingerprint density at radius 2 is 1.85 bits per heavy atom. The van der Waals surface area contributed by atoms with Crippen LogP contribution in [-0.2, 0) is 19.9 Å². The van der Waals surface area contributed by atoms with Crippen LogP contribution in [0.4, 0.5) is 10.1 Å². The lowest BCUT2D eigenvalue weighted by atomic mass is 9.89. The molecule has 2 unspecified atom stereocenters. The fraction of sp³-hybridized carbons (Fsp3) is 0.480. The molecule has 0 amide bonds. The number of aryl methyl sites for hydroxylation is 2. The van der Waals surface area contributed by atoms with E-state index in [-0.39, 0.29) is 24.3 Å². The van der Waals surface area contributed by atoms with Crippen molar-refractivity contribution in [3.05, 3.63) is 46.8 Å². The highest BCUT2D eigenvalue weighted by Gasteiger charge is 2.38. The van der Waals surface area contributed by atoms with Gasteiger partial charge in [-0.25, -0.2) is 4.39 Å². The van der Waals surface area contributed by atoms with Gasteiger partial charge in [0.2, 0.25) is 0 Å². The summed E-state index contributed by atoms with van der Waals surface area (Å²) in [7, 11) is 0. The topological polar surface area (TPSA) is 111 Å². The SMILES string of the molecule is CCOC(=O)CC(N)(N)c1cc(-c2c(C)cc(N3C4CCC3COC4)cc2O)cc(C)c1F. The van der Waals surface area contributed by atoms with E-state index < -0.39 is 17.4 Å². The minimum atomic E-state index is -1.76. The zero-order valence-electron chi connectivity index (χ0n) is 19.4. The number of nitrogens with zero attached hydrogens (tertiary/aromatic N) is 1. The number of halogens is 1. The number of ether oxygens (including phenoxy) is 2. The Balaban J connectivity index is 1.73. The zero-order valence-corrected chi connectivity index (χ0v) is 19.4. The van der Waals surface area contributed by atoms with Crippen molar-refractivity contribution in [3.8, 4) is 16.9 Å². The van der Waals surface area contributed by atoms with Crippen LogP contribution in [-0.4, -0.2) is 43.0 Å². The molecule has 7 nitrogen and oxygen atoms in total. The van der Waals surface area contributed by atoms with E-state index in [9.17, 15) is 9.90 Å². The van der Waals surface area contributed by atoms with Gasteiger partial charge in [-0.2, -0.15) is 0 Å². The van der Waals surface area contributed by atoms with Crippen LogP contribution in [0.1, 0.15) is 42.9 Å². The number of phenolic OH excluding ortho intramolecular Hbond substituents is 1. The molecule has 2 saturated heterocycles. The van der Waals surface area contributed by atoms with Crippen LogP contribution in [0.25, 0.3) is 11.1 Å². The Labute approximate surface area is 193 Å². The molecule has 178 valence electrons. The van der Waals surface area contributed by atoms with Crippen LogP contribution in [0.2, 0.25) is 0 Å². The molecule has 5 N–H and O–H groups in total. The number of hydrogen-bond donors (Lipinski definition) is 3. The van der Waals surface area contributed by atoms with Crippen molar-refractivity contribution < 1.29 is 23.8 Å². The Morgan fingerprint density at radius 1 is 1.18 bits per heavy atom. The summed E-state index contributed by atoms with van der Waals surface area (Å²) in [6.07, 6.45) is 1.77. The van der Waals surface area contributed by atoms with Crippen molar-refractivity contribution in [2.24, 2.45) is 11.5 Å². The van der Waals surface area contributed by atoms with E-state index in [1.54, 1.807) is 26.0 Å². The van der Waals surface area contributed by atoms with Crippen molar-refractivity contribution in [1.29, 1.82) is 0 Å². The molecular formula is C25H32FN3O4. The third kappa shape index (κ3) is 4.43. The maximum atomic E-state index is 15.0. The molecule has 0 aromatic heterocycles. The quantitative estimate of drug-likeness (QED) is 0.451. The molecule has 0 saturated carbocycles. The summed E-state index contributed by atoms with van der Waals surface area (Å²) in [5.41, 5.74) is 13.9. The Kier molecular flexibility index (Phi) is 6.35. The number of fused-ring (bicyclic) bond motifs is 2. The number of aromatic hydroxyl groups is 1. The number of morpholine rings is 1. The predicted molar refractivity (Wildman–Crippen MR) is 124 cm³/mol. The number of benzene rings is 2. The summed E-state index contributed by atoms with van der Waals surface area (Å²) in [6.45, 7) is 6.75. The third-order valence-corrected chi connectivity index (χ3v) is 6.62. The normalized spacial score (nSPS) is 20.2. The van der Waals surface area contributed by atoms with Crippen molar-refractivity contribution in [2.45, 2.75) is 57.8 Å². The number of rotatable bonds is 6. The highest BCUT2D eigenvalue weighted by Crippen LogP contribution is 2.42. The van der Waals surface area contributed by atoms with E-state index in [1.807, 2.05) is 13.0 Å². The molecule has 2 heterocycles. The second kappa shape index (κ2) is 8.93. The number of phenols is 1. The highest BCUT2D eigenvalue weighted by atomic mass is 19.1. The van der Waals surface area contributed by atoms with Gasteiger partial charge < -0.3 is 30.9 Å². The molecule has 2 aromatic carbocycles. The van der Waals surface area contributed by atoms with Gasteiger partial charge in [-0.15, -0.1) is 0 Å². The molecule has 0 aliphatic carbocycles. The van der Waals surface area contributed by atoms with E-state index in [0.29, 0.717) is 42.0 Å². The molecule has 2 aromatic rings. The van der Waals surface area contributed by atoms with E-state index in [2.05, 4.69) is 4.90 Å². The minimum Gasteiger partial charge on any atom is -0.507 e.